The minimum Gasteiger partial charge on any atom is -0.451 e. The van der Waals surface area contributed by atoms with E-state index in [2.05, 4.69) is 0 Å². The molecule has 0 bridgehead atoms. The molecule has 0 saturated heterocycles. The molecule has 5 nitrogen and oxygen atoms in total. The molecule has 0 atom stereocenters. The minimum atomic E-state index is -1.29. The van der Waals surface area contributed by atoms with E-state index in [4.69, 9.17) is 10.00 Å². The summed E-state index contributed by atoms with van der Waals surface area (Å²) in [5.74, 6) is -4.45. The Morgan fingerprint density at radius 3 is 2.24 bits per heavy atom. The number of non-ortho nitro benzene ring substituents is 1. The molecule has 106 valence electrons. The van der Waals surface area contributed by atoms with Gasteiger partial charge < -0.3 is 4.74 Å². The van der Waals surface area contributed by atoms with Gasteiger partial charge in [-0.2, -0.15) is 5.26 Å². The molecule has 2 aromatic rings. The molecule has 0 heterocycles. The molecule has 2 aromatic carbocycles. The fraction of sp³-hybridized carbons (Fsp3) is 0. The zero-order valence-corrected chi connectivity index (χ0v) is 10.1. The van der Waals surface area contributed by atoms with Crippen molar-refractivity contribution in [3.8, 4) is 17.6 Å². The summed E-state index contributed by atoms with van der Waals surface area (Å²) >= 11 is 0. The Kier molecular flexibility index (Phi) is 3.75. The molecule has 0 aliphatic carbocycles. The van der Waals surface area contributed by atoms with Crippen LogP contribution in [-0.2, 0) is 0 Å². The summed E-state index contributed by atoms with van der Waals surface area (Å²) in [6.07, 6.45) is 0. The highest BCUT2D eigenvalue weighted by Crippen LogP contribution is 2.31. The average Bonchev–Trinajstić information content (AvgIpc) is 2.44. The highest BCUT2D eigenvalue weighted by atomic mass is 19.1. The van der Waals surface area contributed by atoms with Crippen LogP contribution in [-0.4, -0.2) is 4.92 Å². The van der Waals surface area contributed by atoms with E-state index >= 15 is 0 Å². The summed E-state index contributed by atoms with van der Waals surface area (Å²) in [6, 6.07) is 5.45. The quantitative estimate of drug-likeness (QED) is 0.639. The van der Waals surface area contributed by atoms with Crippen molar-refractivity contribution in [3.63, 3.8) is 0 Å². The lowest BCUT2D eigenvalue weighted by atomic mass is 10.2. The van der Waals surface area contributed by atoms with Crippen molar-refractivity contribution < 1.29 is 22.8 Å². The van der Waals surface area contributed by atoms with Gasteiger partial charge in [-0.25, -0.2) is 13.2 Å². The molecule has 0 spiro atoms. The molecule has 0 amide bonds. The van der Waals surface area contributed by atoms with Crippen LogP contribution in [0.25, 0.3) is 0 Å². The van der Waals surface area contributed by atoms with Crippen LogP contribution < -0.4 is 4.74 Å². The Morgan fingerprint density at radius 1 is 1.10 bits per heavy atom. The van der Waals surface area contributed by atoms with Gasteiger partial charge in [-0.3, -0.25) is 10.1 Å². The fourth-order valence-corrected chi connectivity index (χ4v) is 1.52. The first-order valence-electron chi connectivity index (χ1n) is 5.43. The van der Waals surface area contributed by atoms with Gasteiger partial charge in [-0.15, -0.1) is 0 Å². The predicted octanol–water partition coefficient (Wildman–Crippen LogP) is 3.68. The Bertz CT molecular complexity index is 749. The number of nitro groups is 1. The number of nitriles is 1. The van der Waals surface area contributed by atoms with E-state index in [1.807, 2.05) is 0 Å². The smallest absolute Gasteiger partial charge is 0.275 e. The highest BCUT2D eigenvalue weighted by molar-refractivity contribution is 5.43. The van der Waals surface area contributed by atoms with E-state index in [-0.39, 0.29) is 11.3 Å². The van der Waals surface area contributed by atoms with Gasteiger partial charge in [0.15, 0.2) is 17.4 Å². The molecule has 0 aliphatic rings. The third-order valence-electron chi connectivity index (χ3n) is 2.47. The van der Waals surface area contributed by atoms with Crippen LogP contribution in [0.5, 0.6) is 11.5 Å². The fourth-order valence-electron chi connectivity index (χ4n) is 1.52. The monoisotopic (exact) mass is 294 g/mol. The molecular weight excluding hydrogens is 289 g/mol. The van der Waals surface area contributed by atoms with Gasteiger partial charge in [0.25, 0.3) is 5.69 Å². The van der Waals surface area contributed by atoms with Gasteiger partial charge in [0.2, 0.25) is 0 Å². The Morgan fingerprint density at radius 2 is 1.71 bits per heavy atom. The molecule has 0 aliphatic heterocycles. The lowest BCUT2D eigenvalue weighted by Gasteiger charge is -2.08. The summed E-state index contributed by atoms with van der Waals surface area (Å²) in [7, 11) is 0. The SMILES string of the molecule is N#Cc1cc(Oc2c(F)cc([N+](=O)[O-])cc2F)ccc1F. The first kappa shape index (κ1) is 14.3. The minimum absolute atomic E-state index is 0.181. The first-order chi connectivity index (χ1) is 9.92. The summed E-state index contributed by atoms with van der Waals surface area (Å²) < 4.78 is 45.2. The molecule has 0 unspecified atom stereocenters. The predicted molar refractivity (Wildman–Crippen MR) is 64.2 cm³/mol. The average molecular weight is 294 g/mol. The van der Waals surface area contributed by atoms with Gasteiger partial charge in [0.05, 0.1) is 22.6 Å². The first-order valence-corrected chi connectivity index (χ1v) is 5.43. The second kappa shape index (κ2) is 5.50. The maximum Gasteiger partial charge on any atom is 0.275 e. The summed E-state index contributed by atoms with van der Waals surface area (Å²) in [6.45, 7) is 0. The van der Waals surface area contributed by atoms with Crippen LogP contribution in [0, 0.1) is 38.9 Å². The number of benzene rings is 2. The van der Waals surface area contributed by atoms with Crippen LogP contribution in [0.1, 0.15) is 5.56 Å². The number of ether oxygens (including phenoxy) is 1. The number of rotatable bonds is 3. The summed E-state index contributed by atoms with van der Waals surface area (Å²) in [4.78, 5) is 9.49. The Hall–Kier alpha value is -3.08. The zero-order valence-electron chi connectivity index (χ0n) is 10.1. The number of halogens is 3. The Labute approximate surface area is 116 Å². The van der Waals surface area contributed by atoms with E-state index in [0.717, 1.165) is 18.2 Å². The van der Waals surface area contributed by atoms with E-state index in [0.29, 0.717) is 12.1 Å². The molecule has 0 N–H and O–H groups in total. The molecule has 8 heteroatoms. The van der Waals surface area contributed by atoms with Crippen molar-refractivity contribution in [2.24, 2.45) is 0 Å². The van der Waals surface area contributed by atoms with Gasteiger partial charge in [-0.1, -0.05) is 0 Å². The van der Waals surface area contributed by atoms with Crippen molar-refractivity contribution in [2.75, 3.05) is 0 Å². The van der Waals surface area contributed by atoms with E-state index in [1.165, 1.54) is 0 Å². The van der Waals surface area contributed by atoms with Gasteiger partial charge >= 0.3 is 0 Å². The number of nitro benzene ring substituents is 1. The molecule has 21 heavy (non-hydrogen) atoms. The van der Waals surface area contributed by atoms with Crippen molar-refractivity contribution in [1.82, 2.24) is 0 Å². The van der Waals surface area contributed by atoms with Crippen LogP contribution >= 0.6 is 0 Å². The molecule has 0 radical (unpaired) electrons. The van der Waals surface area contributed by atoms with Gasteiger partial charge in [-0.05, 0) is 12.1 Å². The second-order valence-corrected chi connectivity index (χ2v) is 3.85. The maximum absolute atomic E-state index is 13.6. The third-order valence-corrected chi connectivity index (χ3v) is 2.47. The number of hydrogen-bond acceptors (Lipinski definition) is 4. The van der Waals surface area contributed by atoms with Crippen LogP contribution in [0.3, 0.4) is 0 Å². The lowest BCUT2D eigenvalue weighted by Crippen LogP contribution is -1.97. The van der Waals surface area contributed by atoms with Crippen molar-refractivity contribution in [2.45, 2.75) is 0 Å². The van der Waals surface area contributed by atoms with E-state index in [1.54, 1.807) is 6.07 Å². The van der Waals surface area contributed by atoms with Crippen LogP contribution in [0.4, 0.5) is 18.9 Å². The lowest BCUT2D eigenvalue weighted by molar-refractivity contribution is -0.385. The third kappa shape index (κ3) is 2.92. The van der Waals surface area contributed by atoms with Gasteiger partial charge in [0, 0.05) is 6.07 Å². The maximum atomic E-state index is 13.6. The van der Waals surface area contributed by atoms with Crippen LogP contribution in [0.2, 0.25) is 0 Å². The topological polar surface area (TPSA) is 76.2 Å². The second-order valence-electron chi connectivity index (χ2n) is 3.85. The van der Waals surface area contributed by atoms with E-state index < -0.39 is 33.8 Å². The normalized spacial score (nSPS) is 10.0. The molecule has 2 rings (SSSR count). The number of nitrogens with zero attached hydrogens (tertiary/aromatic N) is 2. The zero-order chi connectivity index (χ0) is 15.6. The van der Waals surface area contributed by atoms with Crippen molar-refractivity contribution >= 4 is 5.69 Å². The number of hydrogen-bond donors (Lipinski definition) is 0. The Balaban J connectivity index is 2.41. The van der Waals surface area contributed by atoms with E-state index in [9.17, 15) is 23.3 Å². The standard InChI is InChI=1S/C13H5F3N2O3/c14-10-2-1-9(3-7(10)6-17)21-13-11(15)4-8(18(19)20)5-12(13)16/h1-5H. The largest absolute Gasteiger partial charge is 0.451 e. The highest BCUT2D eigenvalue weighted by Gasteiger charge is 2.19. The molecule has 0 fully saturated rings. The summed E-state index contributed by atoms with van der Waals surface area (Å²) in [5, 5.41) is 19.1. The summed E-state index contributed by atoms with van der Waals surface area (Å²) in [5.41, 5.74) is -1.13. The van der Waals surface area contributed by atoms with Crippen molar-refractivity contribution in [3.05, 3.63) is 63.5 Å². The van der Waals surface area contributed by atoms with Crippen LogP contribution in [0.15, 0.2) is 30.3 Å². The molecule has 0 saturated carbocycles. The van der Waals surface area contributed by atoms with Crippen molar-refractivity contribution in [1.29, 1.82) is 5.26 Å². The molecular formula is C13H5F3N2O3. The molecule has 0 aromatic heterocycles. The van der Waals surface area contributed by atoms with Gasteiger partial charge in [0.1, 0.15) is 17.6 Å².